The highest BCUT2D eigenvalue weighted by molar-refractivity contribution is 7.53. The fourth-order valence-corrected chi connectivity index (χ4v) is 2.93. The SMILES string of the molecule is CCOP(=O)(O)CC(=O)C(C)(C)C1CC1. The van der Waals surface area contributed by atoms with Crippen molar-refractivity contribution in [2.75, 3.05) is 12.8 Å². The van der Waals surface area contributed by atoms with Gasteiger partial charge in [0, 0.05) is 5.41 Å². The molecule has 1 fully saturated rings. The molecule has 0 radical (unpaired) electrons. The van der Waals surface area contributed by atoms with Gasteiger partial charge < -0.3 is 9.42 Å². The number of ketones is 1. The Bertz CT molecular complexity index is 294. The molecule has 1 atom stereocenters. The zero-order valence-corrected chi connectivity index (χ0v) is 10.4. The van der Waals surface area contributed by atoms with Crippen molar-refractivity contribution >= 4 is 13.4 Å². The minimum Gasteiger partial charge on any atom is -0.324 e. The third-order valence-electron chi connectivity index (χ3n) is 2.99. The van der Waals surface area contributed by atoms with E-state index in [-0.39, 0.29) is 18.6 Å². The second kappa shape index (κ2) is 4.36. The van der Waals surface area contributed by atoms with Crippen LogP contribution < -0.4 is 0 Å². The molecule has 0 aliphatic heterocycles. The topological polar surface area (TPSA) is 63.6 Å². The molecule has 0 spiro atoms. The van der Waals surface area contributed by atoms with Gasteiger partial charge in [-0.2, -0.15) is 0 Å². The molecule has 1 unspecified atom stereocenters. The van der Waals surface area contributed by atoms with Crippen molar-refractivity contribution in [3.8, 4) is 0 Å². The van der Waals surface area contributed by atoms with Crippen LogP contribution in [0.1, 0.15) is 33.6 Å². The van der Waals surface area contributed by atoms with Crippen molar-refractivity contribution in [1.29, 1.82) is 0 Å². The van der Waals surface area contributed by atoms with Crippen LogP contribution in [-0.2, 0) is 13.9 Å². The molecule has 5 heteroatoms. The first-order valence-corrected chi connectivity index (χ1v) is 7.05. The quantitative estimate of drug-likeness (QED) is 0.716. The van der Waals surface area contributed by atoms with Crippen LogP contribution in [0.25, 0.3) is 0 Å². The Morgan fingerprint density at radius 1 is 1.53 bits per heavy atom. The maximum Gasteiger partial charge on any atom is 0.335 e. The average molecular weight is 234 g/mol. The van der Waals surface area contributed by atoms with E-state index >= 15 is 0 Å². The molecule has 88 valence electrons. The van der Waals surface area contributed by atoms with Crippen molar-refractivity contribution in [2.24, 2.45) is 11.3 Å². The van der Waals surface area contributed by atoms with Crippen molar-refractivity contribution in [3.63, 3.8) is 0 Å². The van der Waals surface area contributed by atoms with Crippen LogP contribution in [0.2, 0.25) is 0 Å². The van der Waals surface area contributed by atoms with E-state index in [9.17, 15) is 14.3 Å². The normalized spacial score (nSPS) is 21.1. The molecule has 15 heavy (non-hydrogen) atoms. The predicted molar refractivity (Wildman–Crippen MR) is 57.8 cm³/mol. The number of carbonyl (C=O) groups is 1. The molecule has 0 amide bonds. The molecule has 1 N–H and O–H groups in total. The number of rotatable bonds is 6. The highest BCUT2D eigenvalue weighted by Gasteiger charge is 2.44. The Morgan fingerprint density at radius 2 is 2.07 bits per heavy atom. The van der Waals surface area contributed by atoms with Crippen LogP contribution in [0.4, 0.5) is 0 Å². The Balaban J connectivity index is 2.58. The standard InChI is InChI=1S/C10H19O4P/c1-4-14-15(12,13)7-9(11)10(2,3)8-5-6-8/h8H,4-7H2,1-3H3,(H,12,13). The van der Waals surface area contributed by atoms with Crippen LogP contribution in [0, 0.1) is 11.3 Å². The summed E-state index contributed by atoms with van der Waals surface area (Å²) in [4.78, 5) is 21.2. The summed E-state index contributed by atoms with van der Waals surface area (Å²) in [7, 11) is -3.71. The maximum absolute atomic E-state index is 11.8. The first kappa shape index (κ1) is 12.9. The van der Waals surface area contributed by atoms with Crippen LogP contribution >= 0.6 is 7.60 Å². The van der Waals surface area contributed by atoms with Crippen molar-refractivity contribution < 1.29 is 18.8 Å². The molecule has 0 bridgehead atoms. The first-order valence-electron chi connectivity index (χ1n) is 5.29. The number of hydrogen-bond acceptors (Lipinski definition) is 3. The lowest BCUT2D eigenvalue weighted by molar-refractivity contribution is -0.125. The highest BCUT2D eigenvalue weighted by atomic mass is 31.2. The van der Waals surface area contributed by atoms with Gasteiger partial charge in [-0.15, -0.1) is 0 Å². The first-order chi connectivity index (χ1) is 6.79. The molecule has 0 aromatic heterocycles. The smallest absolute Gasteiger partial charge is 0.324 e. The van der Waals surface area contributed by atoms with E-state index in [1.54, 1.807) is 6.92 Å². The highest BCUT2D eigenvalue weighted by Crippen LogP contribution is 2.49. The molecule has 4 nitrogen and oxygen atoms in total. The Labute approximate surface area is 90.6 Å². The average Bonchev–Trinajstić information content (AvgIpc) is 2.84. The van der Waals surface area contributed by atoms with Crippen LogP contribution in [0.5, 0.6) is 0 Å². The van der Waals surface area contributed by atoms with Crippen LogP contribution in [0.3, 0.4) is 0 Å². The zero-order valence-electron chi connectivity index (χ0n) is 9.52. The fraction of sp³-hybridized carbons (Fsp3) is 0.900. The lowest BCUT2D eigenvalue weighted by Gasteiger charge is -2.23. The van der Waals surface area contributed by atoms with Crippen LogP contribution in [-0.4, -0.2) is 23.4 Å². The minimum atomic E-state index is -3.71. The van der Waals surface area contributed by atoms with E-state index in [0.29, 0.717) is 5.92 Å². The van der Waals surface area contributed by atoms with Gasteiger partial charge in [0.2, 0.25) is 0 Å². The monoisotopic (exact) mass is 234 g/mol. The van der Waals surface area contributed by atoms with Gasteiger partial charge >= 0.3 is 7.60 Å². The van der Waals surface area contributed by atoms with Gasteiger partial charge in [-0.1, -0.05) is 13.8 Å². The lowest BCUT2D eigenvalue weighted by Crippen LogP contribution is -2.29. The molecule has 1 aliphatic carbocycles. The maximum atomic E-state index is 11.8. The van der Waals surface area contributed by atoms with Gasteiger partial charge in [0.25, 0.3) is 0 Å². The third kappa shape index (κ3) is 3.40. The summed E-state index contributed by atoms with van der Waals surface area (Å²) in [5.41, 5.74) is -0.477. The second-order valence-electron chi connectivity index (χ2n) is 4.63. The van der Waals surface area contributed by atoms with E-state index in [2.05, 4.69) is 4.52 Å². The van der Waals surface area contributed by atoms with Gasteiger partial charge in [0.05, 0.1) is 6.61 Å². The molecular weight excluding hydrogens is 215 g/mol. The third-order valence-corrected chi connectivity index (χ3v) is 4.34. The largest absolute Gasteiger partial charge is 0.335 e. The van der Waals surface area contributed by atoms with Crippen molar-refractivity contribution in [1.82, 2.24) is 0 Å². The number of Topliss-reactive ketones (excluding diaryl/α,β-unsaturated/α-hetero) is 1. The Morgan fingerprint density at radius 3 is 2.47 bits per heavy atom. The second-order valence-corrected chi connectivity index (χ2v) is 6.48. The lowest BCUT2D eigenvalue weighted by atomic mass is 9.83. The molecule has 0 saturated heterocycles. The van der Waals surface area contributed by atoms with Gasteiger partial charge in [-0.25, -0.2) is 0 Å². The number of carbonyl (C=O) groups excluding carboxylic acids is 1. The molecule has 1 aliphatic rings. The molecule has 1 saturated carbocycles. The molecule has 0 aromatic rings. The Hall–Kier alpha value is -0.180. The van der Waals surface area contributed by atoms with Crippen molar-refractivity contribution in [2.45, 2.75) is 33.6 Å². The van der Waals surface area contributed by atoms with E-state index < -0.39 is 13.0 Å². The summed E-state index contributed by atoms with van der Waals surface area (Å²) in [6, 6.07) is 0. The molecule has 0 aromatic carbocycles. The summed E-state index contributed by atoms with van der Waals surface area (Å²) in [6.45, 7) is 5.49. The van der Waals surface area contributed by atoms with Crippen molar-refractivity contribution in [3.05, 3.63) is 0 Å². The Kier molecular flexibility index (Phi) is 3.75. The summed E-state index contributed by atoms with van der Waals surface area (Å²) < 4.78 is 16.1. The van der Waals surface area contributed by atoms with Gasteiger partial charge in [-0.3, -0.25) is 9.36 Å². The van der Waals surface area contributed by atoms with Crippen LogP contribution in [0.15, 0.2) is 0 Å². The summed E-state index contributed by atoms with van der Waals surface area (Å²) in [5.74, 6) is 0.218. The van der Waals surface area contributed by atoms with E-state index in [1.807, 2.05) is 13.8 Å². The number of hydrogen-bond donors (Lipinski definition) is 1. The van der Waals surface area contributed by atoms with E-state index in [1.165, 1.54) is 0 Å². The van der Waals surface area contributed by atoms with E-state index in [0.717, 1.165) is 12.8 Å². The predicted octanol–water partition coefficient (Wildman–Crippen LogP) is 2.21. The summed E-state index contributed by atoms with van der Waals surface area (Å²) in [6.07, 6.45) is 1.73. The molecule has 0 heterocycles. The summed E-state index contributed by atoms with van der Waals surface area (Å²) >= 11 is 0. The zero-order chi connectivity index (χ0) is 11.7. The van der Waals surface area contributed by atoms with E-state index in [4.69, 9.17) is 0 Å². The van der Waals surface area contributed by atoms with Gasteiger partial charge in [0.15, 0.2) is 5.78 Å². The van der Waals surface area contributed by atoms with Gasteiger partial charge in [-0.05, 0) is 25.7 Å². The van der Waals surface area contributed by atoms with Gasteiger partial charge in [0.1, 0.15) is 6.16 Å². The molecule has 1 rings (SSSR count). The fourth-order valence-electron chi connectivity index (χ4n) is 1.67. The summed E-state index contributed by atoms with van der Waals surface area (Å²) in [5, 5.41) is 0. The minimum absolute atomic E-state index is 0.158. The molecular formula is C10H19O4P.